The molecule has 0 fully saturated rings. The Bertz CT molecular complexity index is 1110. The smallest absolute Gasteiger partial charge is 0.237 e. The quantitative estimate of drug-likeness (QED) is 0.497. The minimum absolute atomic E-state index is 0.0372. The molecule has 7 heteroatoms. The van der Waals surface area contributed by atoms with Gasteiger partial charge in [-0.1, -0.05) is 24.3 Å². The fourth-order valence-electron chi connectivity index (χ4n) is 2.82. The maximum atomic E-state index is 5.99. The number of fused-ring (bicyclic) bond motifs is 1. The second-order valence-electron chi connectivity index (χ2n) is 6.38. The van der Waals surface area contributed by atoms with Gasteiger partial charge in [0.2, 0.25) is 5.88 Å². The van der Waals surface area contributed by atoms with E-state index in [1.54, 1.807) is 23.8 Å². The first kappa shape index (κ1) is 17.8. The molecule has 7 nitrogen and oxygen atoms in total. The molecule has 0 unspecified atom stereocenters. The van der Waals surface area contributed by atoms with E-state index in [1.807, 2.05) is 62.4 Å². The van der Waals surface area contributed by atoms with Gasteiger partial charge in [0.1, 0.15) is 5.75 Å². The van der Waals surface area contributed by atoms with Crippen LogP contribution in [0.25, 0.3) is 17.0 Å². The monoisotopic (exact) mass is 376 g/mol. The molecule has 2 aromatic carbocycles. The Morgan fingerprint density at radius 1 is 0.821 bits per heavy atom. The van der Waals surface area contributed by atoms with Gasteiger partial charge in [-0.15, -0.1) is 15.3 Å². The third kappa shape index (κ3) is 3.46. The third-order valence-corrected chi connectivity index (χ3v) is 4.01. The van der Waals surface area contributed by atoms with Crippen LogP contribution in [0.3, 0.4) is 0 Å². The summed E-state index contributed by atoms with van der Waals surface area (Å²) in [6, 6.07) is 18.7. The van der Waals surface area contributed by atoms with Gasteiger partial charge in [0.15, 0.2) is 23.0 Å². The molecule has 4 aromatic rings. The molecule has 0 amide bonds. The zero-order valence-electron chi connectivity index (χ0n) is 15.9. The predicted octanol–water partition coefficient (Wildman–Crippen LogP) is 4.38. The third-order valence-electron chi connectivity index (χ3n) is 4.01. The Labute approximate surface area is 162 Å². The van der Waals surface area contributed by atoms with Crippen molar-refractivity contribution in [3.8, 4) is 34.5 Å². The number of hydrogen-bond acceptors (Lipinski definition) is 6. The Balaban J connectivity index is 1.73. The lowest BCUT2D eigenvalue weighted by Gasteiger charge is -2.14. The predicted molar refractivity (Wildman–Crippen MR) is 105 cm³/mol. The largest absolute Gasteiger partial charge is 0.496 e. The van der Waals surface area contributed by atoms with Crippen LogP contribution in [0.1, 0.15) is 13.8 Å². The number of nitrogens with zero attached hydrogens (tertiary/aromatic N) is 4. The average molecular weight is 376 g/mol. The highest BCUT2D eigenvalue weighted by Crippen LogP contribution is 2.32. The standard InChI is InChI=1S/C21H20N4O3/c1-14(2)27-17-10-6-7-11-18(17)28-20-13-12-19-22-23-21(25(19)24-20)15-8-4-5-9-16(15)26-3/h4-14H,1-3H3. The first-order chi connectivity index (χ1) is 13.7. The summed E-state index contributed by atoms with van der Waals surface area (Å²) in [7, 11) is 1.62. The van der Waals surface area contributed by atoms with Gasteiger partial charge in [-0.05, 0) is 44.2 Å². The van der Waals surface area contributed by atoms with Crippen molar-refractivity contribution in [1.82, 2.24) is 19.8 Å². The highest BCUT2D eigenvalue weighted by molar-refractivity contribution is 5.66. The molecule has 2 aromatic heterocycles. The molecule has 2 heterocycles. The number of benzene rings is 2. The minimum atomic E-state index is 0.0372. The van der Waals surface area contributed by atoms with Crippen LogP contribution in [0.2, 0.25) is 0 Å². The van der Waals surface area contributed by atoms with E-state index in [0.717, 1.165) is 5.56 Å². The van der Waals surface area contributed by atoms with E-state index in [0.29, 0.717) is 34.6 Å². The molecule has 142 valence electrons. The van der Waals surface area contributed by atoms with Crippen molar-refractivity contribution in [3.05, 3.63) is 60.7 Å². The van der Waals surface area contributed by atoms with Crippen molar-refractivity contribution < 1.29 is 14.2 Å². The Kier molecular flexibility index (Phi) is 4.80. The zero-order valence-corrected chi connectivity index (χ0v) is 15.9. The number of hydrogen-bond donors (Lipinski definition) is 0. The van der Waals surface area contributed by atoms with Crippen molar-refractivity contribution >= 4 is 5.65 Å². The molecule has 0 aliphatic heterocycles. The van der Waals surface area contributed by atoms with E-state index >= 15 is 0 Å². The van der Waals surface area contributed by atoms with Crippen LogP contribution < -0.4 is 14.2 Å². The van der Waals surface area contributed by atoms with Crippen molar-refractivity contribution in [2.45, 2.75) is 20.0 Å². The highest BCUT2D eigenvalue weighted by atomic mass is 16.5. The summed E-state index contributed by atoms with van der Waals surface area (Å²) in [5.74, 6) is 2.93. The van der Waals surface area contributed by atoms with E-state index in [1.165, 1.54) is 0 Å². The maximum absolute atomic E-state index is 5.99. The molecule has 0 bridgehead atoms. The summed E-state index contributed by atoms with van der Waals surface area (Å²) in [5, 5.41) is 13.0. The lowest BCUT2D eigenvalue weighted by molar-refractivity contribution is 0.232. The second kappa shape index (κ2) is 7.56. The minimum Gasteiger partial charge on any atom is -0.496 e. The van der Waals surface area contributed by atoms with Crippen LogP contribution in [0.4, 0.5) is 0 Å². The maximum Gasteiger partial charge on any atom is 0.237 e. The lowest BCUT2D eigenvalue weighted by Crippen LogP contribution is -2.06. The molecule has 28 heavy (non-hydrogen) atoms. The van der Waals surface area contributed by atoms with E-state index < -0.39 is 0 Å². The number of ether oxygens (including phenoxy) is 3. The summed E-state index contributed by atoms with van der Waals surface area (Å²) >= 11 is 0. The molecule has 0 spiro atoms. The van der Waals surface area contributed by atoms with E-state index in [-0.39, 0.29) is 6.10 Å². The first-order valence-electron chi connectivity index (χ1n) is 8.95. The summed E-state index contributed by atoms with van der Waals surface area (Å²) in [4.78, 5) is 0. The summed E-state index contributed by atoms with van der Waals surface area (Å²) in [5.41, 5.74) is 1.41. The fraction of sp³-hybridized carbons (Fsp3) is 0.190. The molecule has 0 saturated carbocycles. The van der Waals surface area contributed by atoms with Crippen molar-refractivity contribution in [3.63, 3.8) is 0 Å². The van der Waals surface area contributed by atoms with Crippen LogP contribution >= 0.6 is 0 Å². The lowest BCUT2D eigenvalue weighted by atomic mass is 10.2. The normalized spacial score (nSPS) is 11.0. The molecule has 4 rings (SSSR count). The number of rotatable bonds is 6. The van der Waals surface area contributed by atoms with Crippen molar-refractivity contribution in [2.75, 3.05) is 7.11 Å². The second-order valence-corrected chi connectivity index (χ2v) is 6.38. The van der Waals surface area contributed by atoms with Gasteiger partial charge in [0, 0.05) is 6.07 Å². The number of para-hydroxylation sites is 3. The Morgan fingerprint density at radius 2 is 1.54 bits per heavy atom. The van der Waals surface area contributed by atoms with Crippen LogP contribution in [0.15, 0.2) is 60.7 Å². The molecular weight excluding hydrogens is 356 g/mol. The van der Waals surface area contributed by atoms with Gasteiger partial charge < -0.3 is 14.2 Å². The number of aromatic nitrogens is 4. The van der Waals surface area contributed by atoms with E-state index in [4.69, 9.17) is 14.2 Å². The average Bonchev–Trinajstić information content (AvgIpc) is 3.12. The molecule has 0 radical (unpaired) electrons. The van der Waals surface area contributed by atoms with E-state index in [9.17, 15) is 0 Å². The van der Waals surface area contributed by atoms with Gasteiger partial charge >= 0.3 is 0 Å². The zero-order chi connectivity index (χ0) is 19.5. The topological polar surface area (TPSA) is 70.8 Å². The summed E-state index contributed by atoms with van der Waals surface area (Å²) < 4.78 is 18.9. The molecule has 0 saturated heterocycles. The van der Waals surface area contributed by atoms with E-state index in [2.05, 4.69) is 15.3 Å². The van der Waals surface area contributed by atoms with Gasteiger partial charge in [0.05, 0.1) is 18.8 Å². The van der Waals surface area contributed by atoms with Gasteiger partial charge in [0.25, 0.3) is 0 Å². The van der Waals surface area contributed by atoms with Crippen molar-refractivity contribution in [2.24, 2.45) is 0 Å². The highest BCUT2D eigenvalue weighted by Gasteiger charge is 2.15. The van der Waals surface area contributed by atoms with Gasteiger partial charge in [-0.25, -0.2) is 0 Å². The summed E-state index contributed by atoms with van der Waals surface area (Å²) in [6.07, 6.45) is 0.0372. The van der Waals surface area contributed by atoms with Crippen LogP contribution in [-0.2, 0) is 0 Å². The van der Waals surface area contributed by atoms with Crippen LogP contribution in [-0.4, -0.2) is 33.0 Å². The van der Waals surface area contributed by atoms with Gasteiger partial charge in [-0.2, -0.15) is 4.52 Å². The number of methoxy groups -OCH3 is 1. The molecule has 0 atom stereocenters. The molecule has 0 aliphatic rings. The van der Waals surface area contributed by atoms with Crippen LogP contribution in [0, 0.1) is 0 Å². The SMILES string of the molecule is COc1ccccc1-c1nnc2ccc(Oc3ccccc3OC(C)C)nn12. The Hall–Kier alpha value is -3.61. The molecule has 0 aliphatic carbocycles. The Morgan fingerprint density at radius 3 is 2.29 bits per heavy atom. The van der Waals surface area contributed by atoms with Crippen molar-refractivity contribution in [1.29, 1.82) is 0 Å². The molecular formula is C21H20N4O3. The molecule has 0 N–H and O–H groups in total. The van der Waals surface area contributed by atoms with Gasteiger partial charge in [-0.3, -0.25) is 0 Å². The first-order valence-corrected chi connectivity index (χ1v) is 8.95. The van der Waals surface area contributed by atoms with Crippen LogP contribution in [0.5, 0.6) is 23.1 Å². The fourth-order valence-corrected chi connectivity index (χ4v) is 2.82. The summed E-state index contributed by atoms with van der Waals surface area (Å²) in [6.45, 7) is 3.94.